The van der Waals surface area contributed by atoms with Crippen LogP contribution in [0.3, 0.4) is 0 Å². The molecule has 0 aliphatic heterocycles. The molecule has 0 aliphatic carbocycles. The van der Waals surface area contributed by atoms with Crippen molar-refractivity contribution in [3.05, 3.63) is 84.2 Å². The third-order valence-corrected chi connectivity index (χ3v) is 6.01. The number of rotatable bonds is 5. The molecule has 2 N–H and O–H groups in total. The lowest BCUT2D eigenvalue weighted by Gasteiger charge is -2.12. The van der Waals surface area contributed by atoms with Crippen LogP contribution in [0, 0.1) is 0 Å². The van der Waals surface area contributed by atoms with E-state index in [2.05, 4.69) is 10.9 Å². The number of nitrogens with zero attached hydrogens (tertiary/aromatic N) is 2. The molecular weight excluding hydrogens is 392 g/mol. The summed E-state index contributed by atoms with van der Waals surface area (Å²) in [6.45, 7) is 0. The van der Waals surface area contributed by atoms with Crippen molar-refractivity contribution in [3.8, 4) is 5.69 Å². The van der Waals surface area contributed by atoms with Crippen LogP contribution in [0.5, 0.6) is 0 Å². The van der Waals surface area contributed by atoms with Crippen LogP contribution in [0.4, 0.5) is 0 Å². The minimum atomic E-state index is -3.67. The zero-order valence-corrected chi connectivity index (χ0v) is 16.7. The minimum absolute atomic E-state index is 0.0120. The van der Waals surface area contributed by atoms with E-state index in [1.165, 1.54) is 38.4 Å². The van der Waals surface area contributed by atoms with Crippen LogP contribution in [0.15, 0.2) is 78.0 Å². The highest BCUT2D eigenvalue weighted by molar-refractivity contribution is 7.89. The summed E-state index contributed by atoms with van der Waals surface area (Å²) < 4.78 is 27.3. The first-order valence-electron chi connectivity index (χ1n) is 8.66. The van der Waals surface area contributed by atoms with Gasteiger partial charge in [0.05, 0.1) is 4.90 Å². The van der Waals surface area contributed by atoms with E-state index in [-0.39, 0.29) is 10.5 Å². The largest absolute Gasteiger partial charge is 0.324 e. The Morgan fingerprint density at radius 3 is 2.00 bits per heavy atom. The van der Waals surface area contributed by atoms with Gasteiger partial charge >= 0.3 is 0 Å². The SMILES string of the molecule is CN(C)S(=O)(=O)c1cccc(C(=O)NNC(=O)c2ccc(-n3cccc3)cc2)c1. The average Bonchev–Trinajstić information content (AvgIpc) is 3.26. The molecule has 0 spiro atoms. The molecule has 3 aromatic rings. The molecule has 150 valence electrons. The van der Waals surface area contributed by atoms with Gasteiger partial charge in [0.15, 0.2) is 0 Å². The van der Waals surface area contributed by atoms with Crippen LogP contribution in [0.1, 0.15) is 20.7 Å². The Hall–Kier alpha value is -3.43. The molecule has 1 aromatic heterocycles. The molecule has 0 saturated heterocycles. The van der Waals surface area contributed by atoms with Crippen molar-refractivity contribution >= 4 is 21.8 Å². The van der Waals surface area contributed by atoms with Crippen molar-refractivity contribution in [1.82, 2.24) is 19.7 Å². The Morgan fingerprint density at radius 2 is 1.41 bits per heavy atom. The molecule has 0 radical (unpaired) electrons. The molecule has 0 bridgehead atoms. The molecule has 8 nitrogen and oxygen atoms in total. The fraction of sp³-hybridized carbons (Fsp3) is 0.100. The fourth-order valence-corrected chi connectivity index (χ4v) is 3.51. The second kappa shape index (κ2) is 8.29. The smallest absolute Gasteiger partial charge is 0.269 e. The number of carbonyl (C=O) groups is 2. The van der Waals surface area contributed by atoms with Crippen LogP contribution < -0.4 is 10.9 Å². The number of hydrogen-bond acceptors (Lipinski definition) is 4. The van der Waals surface area contributed by atoms with Crippen molar-refractivity contribution in [2.24, 2.45) is 0 Å². The Bertz CT molecular complexity index is 1120. The third kappa shape index (κ3) is 4.53. The van der Waals surface area contributed by atoms with Crippen molar-refractivity contribution in [1.29, 1.82) is 0 Å². The van der Waals surface area contributed by atoms with Gasteiger partial charge in [-0.05, 0) is 54.6 Å². The molecule has 0 saturated carbocycles. The van der Waals surface area contributed by atoms with Gasteiger partial charge in [0.2, 0.25) is 10.0 Å². The van der Waals surface area contributed by atoms with Crippen molar-refractivity contribution in [2.75, 3.05) is 14.1 Å². The zero-order chi connectivity index (χ0) is 21.0. The van der Waals surface area contributed by atoms with Crippen LogP contribution in [-0.2, 0) is 10.0 Å². The van der Waals surface area contributed by atoms with Crippen LogP contribution in [0.2, 0.25) is 0 Å². The van der Waals surface area contributed by atoms with Gasteiger partial charge < -0.3 is 4.57 Å². The summed E-state index contributed by atoms with van der Waals surface area (Å²) >= 11 is 0. The van der Waals surface area contributed by atoms with Crippen LogP contribution >= 0.6 is 0 Å². The zero-order valence-electron chi connectivity index (χ0n) is 15.9. The Labute approximate surface area is 168 Å². The summed E-state index contributed by atoms with van der Waals surface area (Å²) in [6, 6.07) is 16.2. The maximum Gasteiger partial charge on any atom is 0.269 e. The van der Waals surface area contributed by atoms with E-state index in [4.69, 9.17) is 0 Å². The molecule has 3 rings (SSSR count). The number of aromatic nitrogens is 1. The first-order chi connectivity index (χ1) is 13.8. The second-order valence-electron chi connectivity index (χ2n) is 6.36. The highest BCUT2D eigenvalue weighted by atomic mass is 32.2. The predicted octanol–water partition coefficient (Wildman–Crippen LogP) is 1.80. The topological polar surface area (TPSA) is 101 Å². The lowest BCUT2D eigenvalue weighted by atomic mass is 10.2. The monoisotopic (exact) mass is 412 g/mol. The Balaban J connectivity index is 1.65. The number of nitrogens with one attached hydrogen (secondary N) is 2. The van der Waals surface area contributed by atoms with E-state index < -0.39 is 21.8 Å². The molecular formula is C20H20N4O4S. The summed E-state index contributed by atoms with van der Waals surface area (Å²) in [6.07, 6.45) is 3.78. The predicted molar refractivity (Wildman–Crippen MR) is 108 cm³/mol. The van der Waals surface area contributed by atoms with Crippen molar-refractivity contribution < 1.29 is 18.0 Å². The number of hydrazine groups is 1. The summed E-state index contributed by atoms with van der Waals surface area (Å²) in [5.74, 6) is -1.12. The number of amides is 2. The fourth-order valence-electron chi connectivity index (χ4n) is 2.56. The molecule has 0 aliphatic rings. The van der Waals surface area contributed by atoms with E-state index in [1.54, 1.807) is 24.3 Å². The molecule has 1 heterocycles. The first kappa shape index (κ1) is 20.3. The maximum absolute atomic E-state index is 12.3. The quantitative estimate of drug-likeness (QED) is 0.624. The van der Waals surface area contributed by atoms with Crippen molar-refractivity contribution in [2.45, 2.75) is 4.90 Å². The number of hydrogen-bond donors (Lipinski definition) is 2. The van der Waals surface area contributed by atoms with Crippen molar-refractivity contribution in [3.63, 3.8) is 0 Å². The van der Waals surface area contributed by atoms with Gasteiger partial charge in [-0.3, -0.25) is 20.4 Å². The van der Waals surface area contributed by atoms with Crippen LogP contribution in [0.25, 0.3) is 5.69 Å². The Kier molecular flexibility index (Phi) is 5.81. The standard InChI is InChI=1S/C20H20N4O4S/c1-23(2)29(27,28)18-7-5-6-16(14-18)20(26)22-21-19(25)15-8-10-17(11-9-15)24-12-3-4-13-24/h3-14H,1-2H3,(H,21,25)(H,22,26). The maximum atomic E-state index is 12.3. The van der Waals surface area contributed by atoms with Gasteiger partial charge in [-0.2, -0.15) is 0 Å². The minimum Gasteiger partial charge on any atom is -0.324 e. The second-order valence-corrected chi connectivity index (χ2v) is 8.51. The van der Waals surface area contributed by atoms with E-state index in [1.807, 2.05) is 29.1 Å². The van der Waals surface area contributed by atoms with Gasteiger partial charge in [0.25, 0.3) is 11.8 Å². The van der Waals surface area contributed by atoms with E-state index in [0.717, 1.165) is 9.99 Å². The molecule has 0 atom stereocenters. The lowest BCUT2D eigenvalue weighted by molar-refractivity contribution is 0.0846. The average molecular weight is 412 g/mol. The van der Waals surface area contributed by atoms with Gasteiger partial charge in [0, 0.05) is 43.3 Å². The van der Waals surface area contributed by atoms with Gasteiger partial charge in [-0.15, -0.1) is 0 Å². The van der Waals surface area contributed by atoms with Gasteiger partial charge in [-0.1, -0.05) is 6.07 Å². The molecule has 2 aromatic carbocycles. The highest BCUT2D eigenvalue weighted by Crippen LogP contribution is 2.15. The normalized spacial score (nSPS) is 11.3. The molecule has 0 fully saturated rings. The van der Waals surface area contributed by atoms with Gasteiger partial charge in [-0.25, -0.2) is 12.7 Å². The summed E-state index contributed by atoms with van der Waals surface area (Å²) in [4.78, 5) is 24.5. The van der Waals surface area contributed by atoms with Crippen LogP contribution in [-0.4, -0.2) is 43.2 Å². The summed E-state index contributed by atoms with van der Waals surface area (Å²) in [7, 11) is -0.853. The van der Waals surface area contributed by atoms with Gasteiger partial charge in [0.1, 0.15) is 0 Å². The molecule has 9 heteroatoms. The number of benzene rings is 2. The first-order valence-corrected chi connectivity index (χ1v) is 10.1. The van der Waals surface area contributed by atoms with E-state index in [9.17, 15) is 18.0 Å². The highest BCUT2D eigenvalue weighted by Gasteiger charge is 2.19. The molecule has 29 heavy (non-hydrogen) atoms. The lowest BCUT2D eigenvalue weighted by Crippen LogP contribution is -2.41. The molecule has 0 unspecified atom stereocenters. The summed E-state index contributed by atoms with van der Waals surface area (Å²) in [5, 5.41) is 0. The van der Waals surface area contributed by atoms with E-state index in [0.29, 0.717) is 5.56 Å². The van der Waals surface area contributed by atoms with E-state index >= 15 is 0 Å². The third-order valence-electron chi connectivity index (χ3n) is 4.20. The summed E-state index contributed by atoms with van der Waals surface area (Å²) in [5.41, 5.74) is 5.99. The number of sulfonamides is 1. The Morgan fingerprint density at radius 1 is 0.828 bits per heavy atom. The number of carbonyl (C=O) groups excluding carboxylic acids is 2. The molecule has 2 amide bonds.